The molecule has 8 heteroatoms. The summed E-state index contributed by atoms with van der Waals surface area (Å²) >= 11 is 0. The van der Waals surface area contributed by atoms with Crippen LogP contribution >= 0.6 is 0 Å². The first kappa shape index (κ1) is 15.5. The van der Waals surface area contributed by atoms with Crippen LogP contribution in [0.1, 0.15) is 40.0 Å². The number of rotatable bonds is 2. The maximum Gasteiger partial charge on any atom is 0.325 e. The number of fused-ring (bicyclic) bond motifs is 2. The number of nitrogens with zero attached hydrogens (tertiary/aromatic N) is 1. The highest BCUT2D eigenvalue weighted by molar-refractivity contribution is 7.89. The molecule has 7 nitrogen and oxygen atoms in total. The maximum absolute atomic E-state index is 12.8. The molecule has 22 heavy (non-hydrogen) atoms. The molecule has 2 atom stereocenters. The summed E-state index contributed by atoms with van der Waals surface area (Å²) in [6, 6.07) is -0.0925. The molecule has 1 saturated carbocycles. The summed E-state index contributed by atoms with van der Waals surface area (Å²) in [6.07, 6.45) is 3.55. The number of nitrogens with one attached hydrogen (secondary N) is 2. The molecule has 0 amide bonds. The Morgan fingerprint density at radius 2 is 1.91 bits per heavy atom. The van der Waals surface area contributed by atoms with Gasteiger partial charge in [-0.1, -0.05) is 20.8 Å². The van der Waals surface area contributed by atoms with Crippen molar-refractivity contribution in [2.75, 3.05) is 6.54 Å². The first-order valence-electron chi connectivity index (χ1n) is 7.36. The number of aromatic amines is 2. The summed E-state index contributed by atoms with van der Waals surface area (Å²) in [5.74, 6) is 0. The minimum atomic E-state index is -3.91. The summed E-state index contributed by atoms with van der Waals surface area (Å²) in [7, 11) is -3.91. The van der Waals surface area contributed by atoms with Crippen molar-refractivity contribution in [2.45, 2.75) is 51.0 Å². The first-order chi connectivity index (χ1) is 10.0. The molecule has 122 valence electrons. The van der Waals surface area contributed by atoms with Crippen molar-refractivity contribution < 1.29 is 8.42 Å². The molecule has 1 aliphatic heterocycles. The van der Waals surface area contributed by atoms with Crippen LogP contribution in [0.15, 0.2) is 20.7 Å². The standard InChI is InChI=1S/C14H21N3O4S/c1-13(2)4-9-5-14(3,7-13)8-17(9)22(20,21)10-6-15-12(19)16-11(10)18/h6,9H,4-5,7-8H2,1-3H3,(H2,15,16,18,19). The van der Waals surface area contributed by atoms with E-state index in [1.807, 2.05) is 4.98 Å². The summed E-state index contributed by atoms with van der Waals surface area (Å²) in [5.41, 5.74) is -1.56. The fourth-order valence-corrected chi connectivity index (χ4v) is 6.17. The lowest BCUT2D eigenvalue weighted by Gasteiger charge is -2.39. The molecular formula is C14H21N3O4S. The smallest absolute Gasteiger partial charge is 0.313 e. The molecule has 2 fully saturated rings. The Balaban J connectivity index is 2.04. The summed E-state index contributed by atoms with van der Waals surface area (Å²) < 4.78 is 27.1. The molecular weight excluding hydrogens is 306 g/mol. The fraction of sp³-hybridized carbons (Fsp3) is 0.714. The highest BCUT2D eigenvalue weighted by atomic mass is 32.2. The largest absolute Gasteiger partial charge is 0.325 e. The molecule has 2 unspecified atom stereocenters. The van der Waals surface area contributed by atoms with Crippen molar-refractivity contribution >= 4 is 10.0 Å². The van der Waals surface area contributed by atoms with Crippen LogP contribution in [0.25, 0.3) is 0 Å². The van der Waals surface area contributed by atoms with Gasteiger partial charge in [0.2, 0.25) is 10.0 Å². The Morgan fingerprint density at radius 1 is 1.23 bits per heavy atom. The SMILES string of the molecule is CC1(C)CC2CC(C)(CN2S(=O)(=O)c2c[nH]c(=O)[nH]c2=O)C1. The molecule has 1 saturated heterocycles. The van der Waals surface area contributed by atoms with Crippen LogP contribution in [0.3, 0.4) is 0 Å². The fourth-order valence-electron chi connectivity index (χ4n) is 4.40. The van der Waals surface area contributed by atoms with E-state index in [-0.39, 0.29) is 21.8 Å². The number of sulfonamides is 1. The lowest BCUT2D eigenvalue weighted by Crippen LogP contribution is -2.40. The zero-order valence-electron chi connectivity index (χ0n) is 13.0. The van der Waals surface area contributed by atoms with E-state index in [1.165, 1.54) is 4.31 Å². The van der Waals surface area contributed by atoms with Crippen LogP contribution in [-0.2, 0) is 10.0 Å². The van der Waals surface area contributed by atoms with Crippen molar-refractivity contribution in [1.29, 1.82) is 0 Å². The van der Waals surface area contributed by atoms with Gasteiger partial charge in [0, 0.05) is 18.8 Å². The van der Waals surface area contributed by atoms with E-state index in [0.717, 1.165) is 25.5 Å². The van der Waals surface area contributed by atoms with Gasteiger partial charge in [0.05, 0.1) is 0 Å². The Labute approximate surface area is 128 Å². The van der Waals surface area contributed by atoms with Gasteiger partial charge in [0.15, 0.2) is 4.90 Å². The molecule has 3 rings (SSSR count). The van der Waals surface area contributed by atoms with Gasteiger partial charge in [-0.3, -0.25) is 9.78 Å². The second-order valence-electron chi connectivity index (χ2n) is 7.70. The predicted molar refractivity (Wildman–Crippen MR) is 81.1 cm³/mol. The van der Waals surface area contributed by atoms with Crippen molar-refractivity contribution in [1.82, 2.24) is 14.3 Å². The van der Waals surface area contributed by atoms with Gasteiger partial charge in [0.25, 0.3) is 5.56 Å². The van der Waals surface area contributed by atoms with E-state index in [2.05, 4.69) is 25.8 Å². The molecule has 2 aliphatic rings. The van der Waals surface area contributed by atoms with Gasteiger partial charge in [-0.25, -0.2) is 13.2 Å². The average molecular weight is 327 g/mol. The minimum absolute atomic E-state index is 0.0611. The van der Waals surface area contributed by atoms with Crippen LogP contribution in [0, 0.1) is 10.8 Å². The summed E-state index contributed by atoms with van der Waals surface area (Å²) in [5, 5.41) is 0. The van der Waals surface area contributed by atoms with E-state index >= 15 is 0 Å². The number of aromatic nitrogens is 2. The predicted octanol–water partition coefficient (Wildman–Crippen LogP) is 0.653. The third-order valence-corrected chi connectivity index (χ3v) is 6.64. The first-order valence-corrected chi connectivity index (χ1v) is 8.80. The number of hydrogen-bond acceptors (Lipinski definition) is 4. The quantitative estimate of drug-likeness (QED) is 0.832. The average Bonchev–Trinajstić information content (AvgIpc) is 2.58. The molecule has 0 radical (unpaired) electrons. The van der Waals surface area contributed by atoms with Gasteiger partial charge in [-0.15, -0.1) is 0 Å². The number of hydrogen-bond donors (Lipinski definition) is 2. The monoisotopic (exact) mass is 327 g/mol. The van der Waals surface area contributed by atoms with Crippen LogP contribution < -0.4 is 11.2 Å². The third-order valence-electron chi connectivity index (χ3n) is 4.74. The van der Waals surface area contributed by atoms with Crippen molar-refractivity contribution in [3.63, 3.8) is 0 Å². The highest BCUT2D eigenvalue weighted by Gasteiger charge is 2.53. The molecule has 0 aromatic carbocycles. The Kier molecular flexibility index (Phi) is 3.20. The zero-order chi connectivity index (χ0) is 16.3. The molecule has 1 aromatic rings. The lowest BCUT2D eigenvalue weighted by atomic mass is 9.65. The van der Waals surface area contributed by atoms with Crippen LogP contribution in [0.4, 0.5) is 0 Å². The van der Waals surface area contributed by atoms with Crippen molar-refractivity contribution in [3.05, 3.63) is 27.0 Å². The topological polar surface area (TPSA) is 103 Å². The Bertz CT molecular complexity index is 823. The van der Waals surface area contributed by atoms with Gasteiger partial charge in [0.1, 0.15) is 0 Å². The van der Waals surface area contributed by atoms with Gasteiger partial charge in [-0.2, -0.15) is 4.31 Å². The van der Waals surface area contributed by atoms with E-state index < -0.39 is 21.3 Å². The second kappa shape index (κ2) is 4.55. The Morgan fingerprint density at radius 3 is 2.55 bits per heavy atom. The molecule has 2 bridgehead atoms. The maximum atomic E-state index is 12.8. The molecule has 2 N–H and O–H groups in total. The zero-order valence-corrected chi connectivity index (χ0v) is 13.8. The molecule has 1 aliphatic carbocycles. The molecule has 2 heterocycles. The second-order valence-corrected chi connectivity index (χ2v) is 9.56. The minimum Gasteiger partial charge on any atom is -0.313 e. The van der Waals surface area contributed by atoms with Gasteiger partial charge >= 0.3 is 5.69 Å². The van der Waals surface area contributed by atoms with Crippen molar-refractivity contribution in [2.24, 2.45) is 10.8 Å². The van der Waals surface area contributed by atoms with Crippen molar-refractivity contribution in [3.8, 4) is 0 Å². The normalized spacial score (nSPS) is 31.3. The molecule has 0 spiro atoms. The Hall–Kier alpha value is -1.41. The van der Waals surface area contributed by atoms with Crippen LogP contribution in [-0.4, -0.2) is 35.3 Å². The van der Waals surface area contributed by atoms with Gasteiger partial charge < -0.3 is 4.98 Å². The molecule has 1 aromatic heterocycles. The lowest BCUT2D eigenvalue weighted by molar-refractivity contribution is 0.133. The van der Waals surface area contributed by atoms with E-state index in [9.17, 15) is 18.0 Å². The van der Waals surface area contributed by atoms with Gasteiger partial charge in [-0.05, 0) is 30.1 Å². The van der Waals surface area contributed by atoms with E-state index in [0.29, 0.717) is 6.54 Å². The highest BCUT2D eigenvalue weighted by Crippen LogP contribution is 2.53. The van der Waals surface area contributed by atoms with Crippen LogP contribution in [0.2, 0.25) is 0 Å². The third kappa shape index (κ3) is 2.44. The summed E-state index contributed by atoms with van der Waals surface area (Å²) in [4.78, 5) is 26.8. The number of H-pyrrole nitrogens is 2. The van der Waals surface area contributed by atoms with E-state index in [4.69, 9.17) is 0 Å². The summed E-state index contributed by atoms with van der Waals surface area (Å²) in [6.45, 7) is 6.83. The van der Waals surface area contributed by atoms with Crippen LogP contribution in [0.5, 0.6) is 0 Å². The van der Waals surface area contributed by atoms with E-state index in [1.54, 1.807) is 0 Å².